The zero-order chi connectivity index (χ0) is 14.9. The largest absolute Gasteiger partial charge is 0.389 e. The van der Waals surface area contributed by atoms with Crippen molar-refractivity contribution in [1.29, 1.82) is 0 Å². The second-order valence-corrected chi connectivity index (χ2v) is 6.54. The summed E-state index contributed by atoms with van der Waals surface area (Å²) >= 11 is 0. The van der Waals surface area contributed by atoms with Crippen LogP contribution in [0.25, 0.3) is 0 Å². The summed E-state index contributed by atoms with van der Waals surface area (Å²) in [5, 5.41) is 10.8. The number of Topliss-reactive ketones (excluding diaryl/α,β-unsaturated/α-hetero) is 1. The maximum atomic E-state index is 12.1. The minimum atomic E-state index is -0.460. The lowest BCUT2D eigenvalue weighted by Crippen LogP contribution is -2.53. The molecule has 2 fully saturated rings. The molecule has 0 spiro atoms. The van der Waals surface area contributed by atoms with Crippen LogP contribution in [0.2, 0.25) is 0 Å². The molecule has 0 amide bonds. The standard InChI is InChI=1S/C18H25NO2/c1-2-17(20)15-8-3-4-9-16(15)19-12-11-18(21)10-6-5-7-14(18)13-19/h3-4,8-9,14,21H,2,5-7,10-13H2,1H3. The summed E-state index contributed by atoms with van der Waals surface area (Å²) in [5.41, 5.74) is 1.43. The molecular formula is C18H25NO2. The molecule has 1 N–H and O–H groups in total. The van der Waals surface area contributed by atoms with Gasteiger partial charge in [-0.3, -0.25) is 4.79 Å². The first-order valence-corrected chi connectivity index (χ1v) is 8.23. The SMILES string of the molecule is CCC(=O)c1ccccc1N1CCC2(O)CCCCC2C1. The van der Waals surface area contributed by atoms with Gasteiger partial charge in [0.05, 0.1) is 5.60 Å². The first kappa shape index (κ1) is 14.6. The van der Waals surface area contributed by atoms with Gasteiger partial charge in [0.25, 0.3) is 0 Å². The fourth-order valence-electron chi connectivity index (χ4n) is 3.97. The second-order valence-electron chi connectivity index (χ2n) is 6.54. The zero-order valence-electron chi connectivity index (χ0n) is 12.8. The summed E-state index contributed by atoms with van der Waals surface area (Å²) in [4.78, 5) is 14.5. The number of aliphatic hydroxyl groups is 1. The van der Waals surface area contributed by atoms with Gasteiger partial charge in [-0.1, -0.05) is 31.9 Å². The number of carbonyl (C=O) groups is 1. The zero-order valence-corrected chi connectivity index (χ0v) is 12.8. The monoisotopic (exact) mass is 287 g/mol. The number of fused-ring (bicyclic) bond motifs is 1. The summed E-state index contributed by atoms with van der Waals surface area (Å²) in [7, 11) is 0. The lowest BCUT2D eigenvalue weighted by molar-refractivity contribution is -0.0612. The molecule has 1 aromatic carbocycles. The molecule has 114 valence electrons. The molecule has 1 aromatic rings. The van der Waals surface area contributed by atoms with E-state index in [2.05, 4.69) is 11.0 Å². The Bertz CT molecular complexity index is 528. The van der Waals surface area contributed by atoms with E-state index in [9.17, 15) is 9.90 Å². The van der Waals surface area contributed by atoms with Crippen molar-refractivity contribution >= 4 is 11.5 Å². The van der Waals surface area contributed by atoms with Gasteiger partial charge < -0.3 is 10.0 Å². The minimum Gasteiger partial charge on any atom is -0.389 e. The molecule has 1 aliphatic heterocycles. The van der Waals surface area contributed by atoms with Crippen LogP contribution < -0.4 is 4.90 Å². The van der Waals surface area contributed by atoms with Crippen molar-refractivity contribution in [3.63, 3.8) is 0 Å². The maximum Gasteiger partial charge on any atom is 0.164 e. The third kappa shape index (κ3) is 2.71. The Balaban J connectivity index is 1.84. The topological polar surface area (TPSA) is 40.5 Å². The van der Waals surface area contributed by atoms with Crippen LogP contribution in [0.4, 0.5) is 5.69 Å². The number of rotatable bonds is 3. The van der Waals surface area contributed by atoms with Crippen molar-refractivity contribution in [2.75, 3.05) is 18.0 Å². The third-order valence-corrected chi connectivity index (χ3v) is 5.29. The molecule has 1 heterocycles. The number of piperidine rings is 1. The molecule has 1 aliphatic carbocycles. The van der Waals surface area contributed by atoms with Crippen molar-refractivity contribution in [1.82, 2.24) is 0 Å². The van der Waals surface area contributed by atoms with Crippen LogP contribution in [-0.4, -0.2) is 29.6 Å². The van der Waals surface area contributed by atoms with Crippen LogP contribution in [0, 0.1) is 5.92 Å². The summed E-state index contributed by atoms with van der Waals surface area (Å²) < 4.78 is 0. The number of anilines is 1. The number of hydrogen-bond donors (Lipinski definition) is 1. The summed E-state index contributed by atoms with van der Waals surface area (Å²) in [6, 6.07) is 7.93. The van der Waals surface area contributed by atoms with E-state index >= 15 is 0 Å². The highest BCUT2D eigenvalue weighted by atomic mass is 16.3. The predicted octanol–water partition coefficient (Wildman–Crippen LogP) is 3.41. The first-order valence-electron chi connectivity index (χ1n) is 8.23. The Hall–Kier alpha value is -1.35. The lowest BCUT2D eigenvalue weighted by atomic mass is 9.71. The molecular weight excluding hydrogens is 262 g/mol. The van der Waals surface area contributed by atoms with Gasteiger partial charge in [-0.05, 0) is 31.4 Å². The van der Waals surface area contributed by atoms with E-state index < -0.39 is 5.60 Å². The number of ketones is 1. The van der Waals surface area contributed by atoms with Gasteiger partial charge in [0, 0.05) is 36.7 Å². The fourth-order valence-corrected chi connectivity index (χ4v) is 3.97. The normalized spacial score (nSPS) is 29.0. The third-order valence-electron chi connectivity index (χ3n) is 5.29. The number of para-hydroxylation sites is 1. The molecule has 3 nitrogen and oxygen atoms in total. The molecule has 0 bridgehead atoms. The summed E-state index contributed by atoms with van der Waals surface area (Å²) in [6.07, 6.45) is 5.79. The van der Waals surface area contributed by atoms with Crippen molar-refractivity contribution in [3.8, 4) is 0 Å². The summed E-state index contributed by atoms with van der Waals surface area (Å²) in [6.45, 7) is 3.64. The number of hydrogen-bond acceptors (Lipinski definition) is 3. The molecule has 2 aliphatic rings. The van der Waals surface area contributed by atoms with E-state index in [4.69, 9.17) is 0 Å². The van der Waals surface area contributed by atoms with Gasteiger partial charge in [-0.2, -0.15) is 0 Å². The molecule has 21 heavy (non-hydrogen) atoms. The van der Waals surface area contributed by atoms with Gasteiger partial charge in [-0.15, -0.1) is 0 Å². The Morgan fingerprint density at radius 2 is 2.14 bits per heavy atom. The Labute approximate surface area is 127 Å². The number of benzene rings is 1. The highest BCUT2D eigenvalue weighted by molar-refractivity contribution is 6.01. The Morgan fingerprint density at radius 3 is 2.95 bits per heavy atom. The van der Waals surface area contributed by atoms with Crippen molar-refractivity contribution in [3.05, 3.63) is 29.8 Å². The van der Waals surface area contributed by atoms with Crippen molar-refractivity contribution < 1.29 is 9.90 Å². The smallest absolute Gasteiger partial charge is 0.164 e. The predicted molar refractivity (Wildman–Crippen MR) is 84.8 cm³/mol. The molecule has 2 unspecified atom stereocenters. The fraction of sp³-hybridized carbons (Fsp3) is 0.611. The van der Waals surface area contributed by atoms with Crippen molar-refractivity contribution in [2.45, 2.75) is 51.0 Å². The first-order chi connectivity index (χ1) is 10.1. The Kier molecular flexibility index (Phi) is 4.03. The van der Waals surface area contributed by atoms with E-state index in [-0.39, 0.29) is 5.78 Å². The van der Waals surface area contributed by atoms with Crippen molar-refractivity contribution in [2.24, 2.45) is 5.92 Å². The Morgan fingerprint density at radius 1 is 1.33 bits per heavy atom. The average molecular weight is 287 g/mol. The highest BCUT2D eigenvalue weighted by Crippen LogP contribution is 2.41. The highest BCUT2D eigenvalue weighted by Gasteiger charge is 2.43. The second kappa shape index (κ2) is 5.80. The minimum absolute atomic E-state index is 0.204. The van der Waals surface area contributed by atoms with Gasteiger partial charge in [0.15, 0.2) is 5.78 Å². The quantitative estimate of drug-likeness (QED) is 0.866. The van der Waals surface area contributed by atoms with Crippen LogP contribution in [0.1, 0.15) is 55.8 Å². The van der Waals surface area contributed by atoms with E-state index in [1.54, 1.807) is 0 Å². The average Bonchev–Trinajstić information content (AvgIpc) is 2.53. The van der Waals surface area contributed by atoms with E-state index in [0.29, 0.717) is 12.3 Å². The molecule has 2 atom stereocenters. The van der Waals surface area contributed by atoms with Crippen LogP contribution in [0.15, 0.2) is 24.3 Å². The van der Waals surface area contributed by atoms with Crippen LogP contribution in [0.3, 0.4) is 0 Å². The number of carbonyl (C=O) groups excluding carboxylic acids is 1. The van der Waals surface area contributed by atoms with E-state index in [0.717, 1.165) is 50.0 Å². The molecule has 1 saturated carbocycles. The van der Waals surface area contributed by atoms with Crippen LogP contribution >= 0.6 is 0 Å². The van der Waals surface area contributed by atoms with E-state index in [1.807, 2.05) is 25.1 Å². The van der Waals surface area contributed by atoms with Crippen LogP contribution in [-0.2, 0) is 0 Å². The molecule has 1 saturated heterocycles. The van der Waals surface area contributed by atoms with Gasteiger partial charge in [0.1, 0.15) is 0 Å². The van der Waals surface area contributed by atoms with E-state index in [1.165, 1.54) is 6.42 Å². The van der Waals surface area contributed by atoms with Gasteiger partial charge in [0.2, 0.25) is 0 Å². The van der Waals surface area contributed by atoms with Crippen LogP contribution in [0.5, 0.6) is 0 Å². The summed E-state index contributed by atoms with van der Waals surface area (Å²) in [5.74, 6) is 0.555. The molecule has 0 radical (unpaired) electrons. The molecule has 3 rings (SSSR count). The van der Waals surface area contributed by atoms with Gasteiger partial charge in [-0.25, -0.2) is 0 Å². The molecule has 0 aromatic heterocycles. The maximum absolute atomic E-state index is 12.1. The molecule has 3 heteroatoms. The lowest BCUT2D eigenvalue weighted by Gasteiger charge is -2.48. The van der Waals surface area contributed by atoms with Gasteiger partial charge >= 0.3 is 0 Å². The number of nitrogens with zero attached hydrogens (tertiary/aromatic N) is 1.